The van der Waals surface area contributed by atoms with E-state index in [1.807, 2.05) is 0 Å². The third kappa shape index (κ3) is 2.23. The molecular formula is C14H17NOS. The molecule has 1 fully saturated rings. The van der Waals surface area contributed by atoms with Gasteiger partial charge in [-0.25, -0.2) is 0 Å². The van der Waals surface area contributed by atoms with Crippen LogP contribution in [0, 0.1) is 0 Å². The lowest BCUT2D eigenvalue weighted by atomic mass is 10.2. The Balaban J connectivity index is 1.72. The summed E-state index contributed by atoms with van der Waals surface area (Å²) in [6.45, 7) is 0.697. The standard InChI is InChI=1S/C14H17NOS/c15-12-5-3-6-13(12)16-8-10-9-17-14-7-2-1-4-11(10)14/h1-2,4,7,9,12-13H,3,5-6,8,15H2. The third-order valence-corrected chi connectivity index (χ3v) is 4.53. The quantitative estimate of drug-likeness (QED) is 0.903. The second-order valence-corrected chi connectivity index (χ2v) is 5.61. The summed E-state index contributed by atoms with van der Waals surface area (Å²) >= 11 is 1.79. The van der Waals surface area contributed by atoms with Crippen LogP contribution in [-0.4, -0.2) is 12.1 Å². The van der Waals surface area contributed by atoms with E-state index < -0.39 is 0 Å². The van der Waals surface area contributed by atoms with Crippen molar-refractivity contribution >= 4 is 21.4 Å². The van der Waals surface area contributed by atoms with E-state index in [0.29, 0.717) is 6.61 Å². The van der Waals surface area contributed by atoms with Crippen LogP contribution >= 0.6 is 11.3 Å². The van der Waals surface area contributed by atoms with Crippen molar-refractivity contribution in [3.8, 4) is 0 Å². The van der Waals surface area contributed by atoms with Gasteiger partial charge in [-0.05, 0) is 41.7 Å². The van der Waals surface area contributed by atoms with Gasteiger partial charge in [0.2, 0.25) is 0 Å². The average molecular weight is 247 g/mol. The molecule has 1 aromatic carbocycles. The number of thiophene rings is 1. The van der Waals surface area contributed by atoms with E-state index in [0.717, 1.165) is 12.8 Å². The summed E-state index contributed by atoms with van der Waals surface area (Å²) in [6, 6.07) is 8.72. The van der Waals surface area contributed by atoms with Crippen molar-refractivity contribution in [2.24, 2.45) is 5.73 Å². The van der Waals surface area contributed by atoms with E-state index in [-0.39, 0.29) is 12.1 Å². The molecule has 0 spiro atoms. The maximum Gasteiger partial charge on any atom is 0.0735 e. The van der Waals surface area contributed by atoms with Crippen LogP contribution in [0.2, 0.25) is 0 Å². The van der Waals surface area contributed by atoms with Gasteiger partial charge in [0.25, 0.3) is 0 Å². The topological polar surface area (TPSA) is 35.2 Å². The molecule has 3 rings (SSSR count). The van der Waals surface area contributed by atoms with E-state index in [4.69, 9.17) is 10.5 Å². The predicted molar refractivity (Wildman–Crippen MR) is 72.2 cm³/mol. The maximum absolute atomic E-state index is 6.01. The molecule has 2 N–H and O–H groups in total. The second kappa shape index (κ2) is 4.77. The maximum atomic E-state index is 6.01. The van der Waals surface area contributed by atoms with Crippen molar-refractivity contribution in [2.45, 2.75) is 38.0 Å². The van der Waals surface area contributed by atoms with Crippen molar-refractivity contribution in [1.82, 2.24) is 0 Å². The largest absolute Gasteiger partial charge is 0.372 e. The Bertz CT molecular complexity index is 508. The third-order valence-electron chi connectivity index (χ3n) is 3.52. The molecule has 2 nitrogen and oxygen atoms in total. The molecule has 0 aliphatic heterocycles. The summed E-state index contributed by atoms with van der Waals surface area (Å²) in [5.74, 6) is 0. The average Bonchev–Trinajstić information content (AvgIpc) is 2.93. The molecule has 1 saturated carbocycles. The molecule has 2 unspecified atom stereocenters. The minimum Gasteiger partial charge on any atom is -0.372 e. The first-order valence-electron chi connectivity index (χ1n) is 6.17. The van der Waals surface area contributed by atoms with Gasteiger partial charge >= 0.3 is 0 Å². The summed E-state index contributed by atoms with van der Waals surface area (Å²) < 4.78 is 7.28. The number of nitrogens with two attached hydrogens (primary N) is 1. The fraction of sp³-hybridized carbons (Fsp3) is 0.429. The lowest BCUT2D eigenvalue weighted by Crippen LogP contribution is -2.31. The first-order valence-corrected chi connectivity index (χ1v) is 7.05. The van der Waals surface area contributed by atoms with Crippen LogP contribution in [-0.2, 0) is 11.3 Å². The fourth-order valence-electron chi connectivity index (χ4n) is 2.50. The Morgan fingerprint density at radius 3 is 3.00 bits per heavy atom. The molecule has 17 heavy (non-hydrogen) atoms. The van der Waals surface area contributed by atoms with E-state index >= 15 is 0 Å². The molecule has 3 heteroatoms. The Labute approximate surface area is 105 Å². The number of ether oxygens (including phenoxy) is 1. The van der Waals surface area contributed by atoms with Gasteiger partial charge in [0.05, 0.1) is 12.7 Å². The van der Waals surface area contributed by atoms with Gasteiger partial charge in [0, 0.05) is 10.7 Å². The van der Waals surface area contributed by atoms with Crippen LogP contribution in [0.4, 0.5) is 0 Å². The SMILES string of the molecule is NC1CCCC1OCc1csc2ccccc12. The Morgan fingerprint density at radius 2 is 2.18 bits per heavy atom. The van der Waals surface area contributed by atoms with Gasteiger partial charge in [-0.1, -0.05) is 18.2 Å². The zero-order valence-corrected chi connectivity index (χ0v) is 10.6. The lowest BCUT2D eigenvalue weighted by Gasteiger charge is -2.15. The number of benzene rings is 1. The zero-order chi connectivity index (χ0) is 11.7. The molecule has 0 amide bonds. The summed E-state index contributed by atoms with van der Waals surface area (Å²) in [6.07, 6.45) is 3.68. The zero-order valence-electron chi connectivity index (χ0n) is 9.76. The first kappa shape index (κ1) is 11.2. The van der Waals surface area contributed by atoms with Gasteiger partial charge in [-0.2, -0.15) is 0 Å². The van der Waals surface area contributed by atoms with E-state index in [1.165, 1.54) is 22.1 Å². The van der Waals surface area contributed by atoms with Crippen LogP contribution in [0.1, 0.15) is 24.8 Å². The molecule has 0 bridgehead atoms. The van der Waals surface area contributed by atoms with E-state index in [1.54, 1.807) is 11.3 Å². The fourth-order valence-corrected chi connectivity index (χ4v) is 3.45. The number of fused-ring (bicyclic) bond motifs is 1. The van der Waals surface area contributed by atoms with Crippen LogP contribution in [0.25, 0.3) is 10.1 Å². The summed E-state index contributed by atoms with van der Waals surface area (Å²) in [7, 11) is 0. The van der Waals surface area contributed by atoms with Crippen LogP contribution in [0.3, 0.4) is 0 Å². The van der Waals surface area contributed by atoms with E-state index in [9.17, 15) is 0 Å². The summed E-state index contributed by atoms with van der Waals surface area (Å²) in [5.41, 5.74) is 7.30. The Hall–Kier alpha value is -0.900. The number of hydrogen-bond donors (Lipinski definition) is 1. The molecule has 1 heterocycles. The summed E-state index contributed by atoms with van der Waals surface area (Å²) in [5, 5.41) is 3.52. The monoisotopic (exact) mass is 247 g/mol. The Morgan fingerprint density at radius 1 is 1.29 bits per heavy atom. The molecule has 1 aromatic heterocycles. The molecule has 0 radical (unpaired) electrons. The van der Waals surface area contributed by atoms with Crippen molar-refractivity contribution in [3.63, 3.8) is 0 Å². The van der Waals surface area contributed by atoms with Gasteiger partial charge in [0.15, 0.2) is 0 Å². The van der Waals surface area contributed by atoms with Gasteiger partial charge in [-0.3, -0.25) is 0 Å². The Kier molecular flexibility index (Phi) is 3.14. The second-order valence-electron chi connectivity index (χ2n) is 4.70. The molecule has 2 atom stereocenters. The molecule has 1 aliphatic carbocycles. The van der Waals surface area contributed by atoms with Crippen LogP contribution in [0.15, 0.2) is 29.6 Å². The molecule has 2 aromatic rings. The molecule has 1 aliphatic rings. The highest BCUT2D eigenvalue weighted by Crippen LogP contribution is 2.28. The first-order chi connectivity index (χ1) is 8.34. The van der Waals surface area contributed by atoms with Crippen molar-refractivity contribution in [2.75, 3.05) is 0 Å². The number of rotatable bonds is 3. The van der Waals surface area contributed by atoms with Crippen LogP contribution < -0.4 is 5.73 Å². The minimum absolute atomic E-state index is 0.236. The normalized spacial score (nSPS) is 24.5. The highest BCUT2D eigenvalue weighted by atomic mass is 32.1. The smallest absolute Gasteiger partial charge is 0.0735 e. The van der Waals surface area contributed by atoms with Crippen molar-refractivity contribution < 1.29 is 4.74 Å². The lowest BCUT2D eigenvalue weighted by molar-refractivity contribution is 0.0365. The number of hydrogen-bond acceptors (Lipinski definition) is 3. The molecule has 0 saturated heterocycles. The predicted octanol–water partition coefficient (Wildman–Crippen LogP) is 3.30. The van der Waals surface area contributed by atoms with Gasteiger partial charge in [0.1, 0.15) is 0 Å². The van der Waals surface area contributed by atoms with Crippen LogP contribution in [0.5, 0.6) is 0 Å². The summed E-state index contributed by atoms with van der Waals surface area (Å²) in [4.78, 5) is 0. The molecular weight excluding hydrogens is 230 g/mol. The van der Waals surface area contributed by atoms with E-state index in [2.05, 4.69) is 29.6 Å². The highest BCUT2D eigenvalue weighted by molar-refractivity contribution is 7.17. The minimum atomic E-state index is 0.236. The van der Waals surface area contributed by atoms with Crippen molar-refractivity contribution in [1.29, 1.82) is 0 Å². The van der Waals surface area contributed by atoms with Gasteiger partial charge in [-0.15, -0.1) is 11.3 Å². The highest BCUT2D eigenvalue weighted by Gasteiger charge is 2.24. The molecule has 90 valence electrons. The van der Waals surface area contributed by atoms with Gasteiger partial charge < -0.3 is 10.5 Å². The van der Waals surface area contributed by atoms with Crippen molar-refractivity contribution in [3.05, 3.63) is 35.2 Å².